The van der Waals surface area contributed by atoms with Gasteiger partial charge in [-0.05, 0) is 25.0 Å². The van der Waals surface area contributed by atoms with Crippen LogP contribution in [0.15, 0.2) is 34.9 Å². The average Bonchev–Trinajstić information content (AvgIpc) is 2.83. The number of carbonyl (C=O) groups is 1. The zero-order chi connectivity index (χ0) is 14.4. The molecule has 1 aromatic heterocycles. The minimum Gasteiger partial charge on any atom is -0.361 e. The third-order valence-electron chi connectivity index (χ3n) is 2.96. The number of amides is 1. The molecule has 1 heterocycles. The number of hydrogen-bond donors (Lipinski definition) is 1. The summed E-state index contributed by atoms with van der Waals surface area (Å²) in [4.78, 5) is 11.7. The number of rotatable bonds is 6. The zero-order valence-electron chi connectivity index (χ0n) is 11.4. The molecule has 0 spiro atoms. The second kappa shape index (κ2) is 7.10. The van der Waals surface area contributed by atoms with Crippen molar-refractivity contribution in [2.24, 2.45) is 0 Å². The molecule has 1 amide bonds. The third kappa shape index (κ3) is 4.38. The zero-order valence-corrected chi connectivity index (χ0v) is 12.1. The van der Waals surface area contributed by atoms with Crippen molar-refractivity contribution >= 4 is 17.5 Å². The molecule has 20 heavy (non-hydrogen) atoms. The fourth-order valence-electron chi connectivity index (χ4n) is 1.90. The SMILES string of the molecule is Cc1cc(CCNC(=O)CCc2ccccc2Cl)no1. The molecule has 1 aromatic carbocycles. The molecule has 0 fully saturated rings. The molecule has 5 heteroatoms. The van der Waals surface area contributed by atoms with Crippen LogP contribution in [0.25, 0.3) is 0 Å². The lowest BCUT2D eigenvalue weighted by molar-refractivity contribution is -0.121. The Balaban J connectivity index is 1.69. The van der Waals surface area contributed by atoms with Crippen LogP contribution in [0.2, 0.25) is 5.02 Å². The normalized spacial score (nSPS) is 10.5. The van der Waals surface area contributed by atoms with Gasteiger partial charge in [-0.2, -0.15) is 0 Å². The van der Waals surface area contributed by atoms with Gasteiger partial charge in [0.25, 0.3) is 0 Å². The molecule has 0 aliphatic heterocycles. The van der Waals surface area contributed by atoms with Crippen LogP contribution in [0.5, 0.6) is 0 Å². The Hall–Kier alpha value is -1.81. The van der Waals surface area contributed by atoms with Crippen LogP contribution in [0.1, 0.15) is 23.4 Å². The Morgan fingerprint density at radius 2 is 2.15 bits per heavy atom. The summed E-state index contributed by atoms with van der Waals surface area (Å²) in [5.41, 5.74) is 1.85. The van der Waals surface area contributed by atoms with E-state index in [1.165, 1.54) is 0 Å². The van der Waals surface area contributed by atoms with Crippen LogP contribution in [-0.4, -0.2) is 17.6 Å². The van der Waals surface area contributed by atoms with Gasteiger partial charge in [-0.15, -0.1) is 0 Å². The van der Waals surface area contributed by atoms with Gasteiger partial charge in [-0.3, -0.25) is 4.79 Å². The van der Waals surface area contributed by atoms with E-state index in [1.807, 2.05) is 37.3 Å². The van der Waals surface area contributed by atoms with E-state index in [9.17, 15) is 4.79 Å². The van der Waals surface area contributed by atoms with E-state index in [4.69, 9.17) is 16.1 Å². The molecule has 1 N–H and O–H groups in total. The van der Waals surface area contributed by atoms with Crippen molar-refractivity contribution in [2.45, 2.75) is 26.2 Å². The van der Waals surface area contributed by atoms with E-state index < -0.39 is 0 Å². The van der Waals surface area contributed by atoms with Crippen LogP contribution < -0.4 is 5.32 Å². The summed E-state index contributed by atoms with van der Waals surface area (Å²) < 4.78 is 4.96. The second-order valence-corrected chi connectivity index (χ2v) is 5.03. The summed E-state index contributed by atoms with van der Waals surface area (Å²) >= 11 is 6.04. The number of carbonyl (C=O) groups excluding carboxylic acids is 1. The third-order valence-corrected chi connectivity index (χ3v) is 3.33. The van der Waals surface area contributed by atoms with Gasteiger partial charge in [-0.25, -0.2) is 0 Å². The maximum atomic E-state index is 11.7. The number of hydrogen-bond acceptors (Lipinski definition) is 3. The fraction of sp³-hybridized carbons (Fsp3) is 0.333. The smallest absolute Gasteiger partial charge is 0.220 e. The van der Waals surface area contributed by atoms with Crippen molar-refractivity contribution in [2.75, 3.05) is 6.54 Å². The van der Waals surface area contributed by atoms with Crippen LogP contribution in [0.4, 0.5) is 0 Å². The van der Waals surface area contributed by atoms with Gasteiger partial charge in [0, 0.05) is 30.5 Å². The van der Waals surface area contributed by atoms with Crippen LogP contribution >= 0.6 is 11.6 Å². The number of benzene rings is 1. The molecule has 4 nitrogen and oxygen atoms in total. The van der Waals surface area contributed by atoms with Crippen LogP contribution in [0.3, 0.4) is 0 Å². The van der Waals surface area contributed by atoms with E-state index >= 15 is 0 Å². The van der Waals surface area contributed by atoms with E-state index in [0.29, 0.717) is 30.8 Å². The lowest BCUT2D eigenvalue weighted by Crippen LogP contribution is -2.25. The number of halogens is 1. The Labute approximate surface area is 123 Å². The topological polar surface area (TPSA) is 55.1 Å². The molecular weight excluding hydrogens is 276 g/mol. The lowest BCUT2D eigenvalue weighted by atomic mass is 10.1. The van der Waals surface area contributed by atoms with Crippen LogP contribution in [-0.2, 0) is 17.6 Å². The first kappa shape index (κ1) is 14.6. The maximum Gasteiger partial charge on any atom is 0.220 e. The highest BCUT2D eigenvalue weighted by atomic mass is 35.5. The molecule has 0 radical (unpaired) electrons. The summed E-state index contributed by atoms with van der Waals surface area (Å²) in [6.07, 6.45) is 1.76. The summed E-state index contributed by atoms with van der Waals surface area (Å²) in [5.74, 6) is 0.801. The van der Waals surface area contributed by atoms with Gasteiger partial charge in [0.05, 0.1) is 5.69 Å². The van der Waals surface area contributed by atoms with Crippen molar-refractivity contribution in [3.63, 3.8) is 0 Å². The second-order valence-electron chi connectivity index (χ2n) is 4.62. The molecule has 0 saturated heterocycles. The molecular formula is C15H17ClN2O2. The largest absolute Gasteiger partial charge is 0.361 e. The predicted octanol–water partition coefficient (Wildman–Crippen LogP) is 2.93. The van der Waals surface area contributed by atoms with Crippen molar-refractivity contribution in [3.05, 3.63) is 52.4 Å². The summed E-state index contributed by atoms with van der Waals surface area (Å²) in [5, 5.41) is 7.45. The standard InChI is InChI=1S/C15H17ClN2O2/c1-11-10-13(18-20-11)8-9-17-15(19)7-6-12-4-2-3-5-14(12)16/h2-5,10H,6-9H2,1H3,(H,17,19). The number of nitrogens with one attached hydrogen (secondary N) is 1. The van der Waals surface area contributed by atoms with Gasteiger partial charge >= 0.3 is 0 Å². The minimum absolute atomic E-state index is 0.0186. The number of aryl methyl sites for hydroxylation is 2. The van der Waals surface area contributed by atoms with Crippen molar-refractivity contribution in [1.82, 2.24) is 10.5 Å². The first-order chi connectivity index (χ1) is 9.65. The Bertz CT molecular complexity index is 581. The molecule has 0 atom stereocenters. The molecule has 106 valence electrons. The summed E-state index contributed by atoms with van der Waals surface area (Å²) in [6.45, 7) is 2.41. The van der Waals surface area contributed by atoms with Gasteiger partial charge in [-0.1, -0.05) is 35.0 Å². The highest BCUT2D eigenvalue weighted by molar-refractivity contribution is 6.31. The molecule has 0 saturated carbocycles. The van der Waals surface area contributed by atoms with E-state index in [0.717, 1.165) is 17.0 Å². The van der Waals surface area contributed by atoms with Gasteiger partial charge in [0.15, 0.2) is 0 Å². The summed E-state index contributed by atoms with van der Waals surface area (Å²) in [7, 11) is 0. The first-order valence-electron chi connectivity index (χ1n) is 6.57. The Morgan fingerprint density at radius 1 is 1.35 bits per heavy atom. The molecule has 0 bridgehead atoms. The maximum absolute atomic E-state index is 11.7. The van der Waals surface area contributed by atoms with Gasteiger partial charge in [0.1, 0.15) is 5.76 Å². The van der Waals surface area contributed by atoms with E-state index in [1.54, 1.807) is 0 Å². The van der Waals surface area contributed by atoms with Crippen molar-refractivity contribution < 1.29 is 9.32 Å². The number of nitrogens with zero attached hydrogens (tertiary/aromatic N) is 1. The fourth-order valence-corrected chi connectivity index (χ4v) is 2.13. The Kier molecular flexibility index (Phi) is 5.18. The van der Waals surface area contributed by atoms with E-state index in [-0.39, 0.29) is 5.91 Å². The minimum atomic E-state index is 0.0186. The predicted molar refractivity (Wildman–Crippen MR) is 77.7 cm³/mol. The highest BCUT2D eigenvalue weighted by Gasteiger charge is 2.05. The quantitative estimate of drug-likeness (QED) is 0.890. The highest BCUT2D eigenvalue weighted by Crippen LogP contribution is 2.16. The van der Waals surface area contributed by atoms with E-state index in [2.05, 4.69) is 10.5 Å². The molecule has 2 aromatic rings. The lowest BCUT2D eigenvalue weighted by Gasteiger charge is -2.05. The van der Waals surface area contributed by atoms with Gasteiger partial charge < -0.3 is 9.84 Å². The van der Waals surface area contributed by atoms with Gasteiger partial charge in [0.2, 0.25) is 5.91 Å². The Morgan fingerprint density at radius 3 is 2.85 bits per heavy atom. The number of aromatic nitrogens is 1. The first-order valence-corrected chi connectivity index (χ1v) is 6.95. The van der Waals surface area contributed by atoms with Crippen LogP contribution in [0, 0.1) is 6.92 Å². The molecule has 0 aliphatic carbocycles. The van der Waals surface area contributed by atoms with Crippen molar-refractivity contribution in [3.8, 4) is 0 Å². The average molecular weight is 293 g/mol. The molecule has 0 unspecified atom stereocenters. The van der Waals surface area contributed by atoms with Crippen molar-refractivity contribution in [1.29, 1.82) is 0 Å². The summed E-state index contributed by atoms with van der Waals surface area (Å²) in [6, 6.07) is 9.45. The molecule has 0 aliphatic rings. The monoisotopic (exact) mass is 292 g/mol. The molecule has 2 rings (SSSR count).